The first kappa shape index (κ1) is 11.6. The first-order chi connectivity index (χ1) is 4.41. The molecule has 0 aromatic heterocycles. The summed E-state index contributed by atoms with van der Waals surface area (Å²) < 4.78 is 0. The Morgan fingerprint density at radius 1 is 1.00 bits per heavy atom. The molecule has 0 amide bonds. The molecule has 1 saturated heterocycles. The van der Waals surface area contributed by atoms with E-state index >= 15 is 0 Å². The van der Waals surface area contributed by atoms with Gasteiger partial charge in [-0.15, -0.1) is 0 Å². The summed E-state index contributed by atoms with van der Waals surface area (Å²) in [6.45, 7) is 9.02. The van der Waals surface area contributed by atoms with Crippen molar-refractivity contribution in [2.75, 3.05) is 0 Å². The molecule has 0 saturated carbocycles. The topological polar surface area (TPSA) is 12.0 Å². The molecule has 11 heavy (non-hydrogen) atoms. The Hall–Kier alpha value is 0.557. The van der Waals surface area contributed by atoms with Crippen molar-refractivity contribution in [1.29, 1.82) is 0 Å². The van der Waals surface area contributed by atoms with Crippen LogP contribution in [-0.2, 0) is 0 Å². The van der Waals surface area contributed by atoms with Gasteiger partial charge >= 0.3 is 18.9 Å². The van der Waals surface area contributed by atoms with Crippen molar-refractivity contribution in [3.8, 4) is 0 Å². The molecular weight excluding hydrogens is 129 g/mol. The van der Waals surface area contributed by atoms with Gasteiger partial charge in [-0.05, 0) is 47.0 Å². The van der Waals surface area contributed by atoms with E-state index in [1.807, 2.05) is 0 Å². The first-order valence-electron chi connectivity index (χ1n) is 4.02. The zero-order valence-corrected chi connectivity index (χ0v) is 7.49. The van der Waals surface area contributed by atoms with Gasteiger partial charge < -0.3 is 5.32 Å². The Labute approximate surface area is 82.5 Å². The molecule has 1 radical (unpaired) electrons. The Kier molecular flexibility index (Phi) is 3.70. The minimum atomic E-state index is 0. The van der Waals surface area contributed by atoms with Gasteiger partial charge in [0.05, 0.1) is 0 Å². The summed E-state index contributed by atoms with van der Waals surface area (Å²) >= 11 is 0. The molecule has 1 heterocycles. The van der Waals surface area contributed by atoms with E-state index in [1.165, 1.54) is 12.8 Å². The monoisotopic (exact) mass is 148 g/mol. The third-order valence-corrected chi connectivity index (χ3v) is 1.99. The number of nitrogens with one attached hydrogen (secondary N) is 1. The summed E-state index contributed by atoms with van der Waals surface area (Å²) in [5, 5.41) is 3.60. The van der Waals surface area contributed by atoms with Crippen LogP contribution in [0.15, 0.2) is 0 Å². The third kappa shape index (κ3) is 3.65. The van der Waals surface area contributed by atoms with Crippen molar-refractivity contribution in [3.63, 3.8) is 0 Å². The number of piperidine rings is 1. The van der Waals surface area contributed by atoms with Crippen LogP contribution in [0.25, 0.3) is 0 Å². The predicted molar refractivity (Wildman–Crippen MR) is 52.0 cm³/mol. The normalized spacial score (nSPS) is 27.3. The molecule has 0 aromatic carbocycles. The van der Waals surface area contributed by atoms with E-state index in [9.17, 15) is 0 Å². The van der Waals surface area contributed by atoms with E-state index in [0.717, 1.165) is 0 Å². The molecule has 0 aliphatic carbocycles. The van der Waals surface area contributed by atoms with Crippen LogP contribution < -0.4 is 5.32 Å². The molecule has 1 aliphatic rings. The van der Waals surface area contributed by atoms with Crippen LogP contribution in [0.3, 0.4) is 0 Å². The summed E-state index contributed by atoms with van der Waals surface area (Å²) in [5.41, 5.74) is 0.615. The van der Waals surface area contributed by atoms with Crippen molar-refractivity contribution in [1.82, 2.24) is 5.32 Å². The zero-order valence-electron chi connectivity index (χ0n) is 7.49. The van der Waals surface area contributed by atoms with Gasteiger partial charge in [-0.1, -0.05) is 0 Å². The van der Waals surface area contributed by atoms with E-state index in [0.29, 0.717) is 11.1 Å². The summed E-state index contributed by atoms with van der Waals surface area (Å²) in [6.07, 6.45) is 4.77. The van der Waals surface area contributed by atoms with Gasteiger partial charge in [-0.25, -0.2) is 0 Å². The SMILES string of the molecule is CC1(C)C[CH]CC(C)(C)N1.[LiH]. The number of hydrogen-bond acceptors (Lipinski definition) is 1. The van der Waals surface area contributed by atoms with Crippen LogP contribution in [0.2, 0.25) is 0 Å². The zero-order chi connectivity index (χ0) is 7.83. The van der Waals surface area contributed by atoms with Gasteiger partial charge in [0, 0.05) is 11.1 Å². The molecular formula is C9H19LiN. The third-order valence-electron chi connectivity index (χ3n) is 1.99. The quantitative estimate of drug-likeness (QED) is 0.513. The Balaban J connectivity index is 0.000001000. The molecule has 0 bridgehead atoms. The molecule has 1 nitrogen and oxygen atoms in total. The average Bonchev–Trinajstić information content (AvgIpc) is 1.56. The van der Waals surface area contributed by atoms with Gasteiger partial charge in [0.1, 0.15) is 0 Å². The van der Waals surface area contributed by atoms with Gasteiger partial charge in [0.15, 0.2) is 0 Å². The molecule has 1 aliphatic heterocycles. The fourth-order valence-corrected chi connectivity index (χ4v) is 1.81. The maximum absolute atomic E-state index is 3.60. The summed E-state index contributed by atoms with van der Waals surface area (Å²) in [4.78, 5) is 0. The molecule has 0 atom stereocenters. The average molecular weight is 148 g/mol. The van der Waals surface area contributed by atoms with Crippen molar-refractivity contribution >= 4 is 18.9 Å². The minimum absolute atomic E-state index is 0. The van der Waals surface area contributed by atoms with E-state index in [-0.39, 0.29) is 18.9 Å². The van der Waals surface area contributed by atoms with Crippen LogP contribution in [0.5, 0.6) is 0 Å². The van der Waals surface area contributed by atoms with Crippen LogP contribution in [0, 0.1) is 6.42 Å². The van der Waals surface area contributed by atoms with E-state index in [2.05, 4.69) is 39.4 Å². The second-order valence-electron chi connectivity index (χ2n) is 4.59. The molecule has 0 spiro atoms. The van der Waals surface area contributed by atoms with Gasteiger partial charge in [-0.3, -0.25) is 0 Å². The summed E-state index contributed by atoms with van der Waals surface area (Å²) in [7, 11) is 0. The maximum atomic E-state index is 3.60. The van der Waals surface area contributed by atoms with Crippen molar-refractivity contribution in [3.05, 3.63) is 6.42 Å². The molecule has 1 rings (SSSR count). The molecule has 1 N–H and O–H groups in total. The Morgan fingerprint density at radius 3 is 1.55 bits per heavy atom. The van der Waals surface area contributed by atoms with Crippen LogP contribution >= 0.6 is 0 Å². The second kappa shape index (κ2) is 3.52. The van der Waals surface area contributed by atoms with Crippen molar-refractivity contribution in [2.45, 2.75) is 51.6 Å². The Morgan fingerprint density at radius 2 is 1.36 bits per heavy atom. The van der Waals surface area contributed by atoms with Crippen LogP contribution in [0.1, 0.15) is 40.5 Å². The van der Waals surface area contributed by atoms with Gasteiger partial charge in [0.25, 0.3) is 0 Å². The summed E-state index contributed by atoms with van der Waals surface area (Å²) in [6, 6.07) is 0. The first-order valence-corrected chi connectivity index (χ1v) is 4.02. The second-order valence-corrected chi connectivity index (χ2v) is 4.59. The fraction of sp³-hybridized carbons (Fsp3) is 0.889. The van der Waals surface area contributed by atoms with Crippen molar-refractivity contribution in [2.24, 2.45) is 0 Å². The summed E-state index contributed by atoms with van der Waals surface area (Å²) in [5.74, 6) is 0. The van der Waals surface area contributed by atoms with Gasteiger partial charge in [0.2, 0.25) is 0 Å². The molecule has 1 fully saturated rings. The molecule has 0 unspecified atom stereocenters. The van der Waals surface area contributed by atoms with Crippen molar-refractivity contribution < 1.29 is 0 Å². The van der Waals surface area contributed by atoms with Crippen LogP contribution in [-0.4, -0.2) is 29.9 Å². The number of rotatable bonds is 0. The number of hydrogen-bond donors (Lipinski definition) is 1. The molecule has 61 valence electrons. The van der Waals surface area contributed by atoms with E-state index in [4.69, 9.17) is 0 Å². The molecule has 0 aromatic rings. The van der Waals surface area contributed by atoms with Gasteiger partial charge in [-0.2, -0.15) is 0 Å². The Bertz CT molecular complexity index is 116. The van der Waals surface area contributed by atoms with E-state index < -0.39 is 0 Å². The predicted octanol–water partition coefficient (Wildman–Crippen LogP) is 1.48. The van der Waals surface area contributed by atoms with Crippen LogP contribution in [0.4, 0.5) is 0 Å². The standard InChI is InChI=1S/C9H18N.Li.H/c1-8(2)6-5-7-9(3,4)10-8;;/h5,10H,6-7H2,1-4H3;;. The van der Waals surface area contributed by atoms with E-state index in [1.54, 1.807) is 0 Å². The molecule has 2 heteroatoms. The fourth-order valence-electron chi connectivity index (χ4n) is 1.81.